The van der Waals surface area contributed by atoms with Crippen LogP contribution in [0.5, 0.6) is 0 Å². The maximum absolute atomic E-state index is 15.4. The Balaban J connectivity index is 1.68. The van der Waals surface area contributed by atoms with E-state index >= 15 is 4.39 Å². The molecule has 0 atom stereocenters. The molecule has 0 saturated heterocycles. The predicted molar refractivity (Wildman–Crippen MR) is 143 cm³/mol. The van der Waals surface area contributed by atoms with Crippen LogP contribution in [0, 0.1) is 28.5 Å². The molecule has 37 heavy (non-hydrogen) atoms. The zero-order valence-corrected chi connectivity index (χ0v) is 19.4. The summed E-state index contributed by atoms with van der Waals surface area (Å²) in [5, 5.41) is 23.5. The van der Waals surface area contributed by atoms with Gasteiger partial charge in [-0.05, 0) is 36.4 Å². The molecular weight excluding hydrogens is 461 g/mol. The van der Waals surface area contributed by atoms with Gasteiger partial charge in [0.05, 0.1) is 33.2 Å². The number of fused-ring (bicyclic) bond motifs is 7. The predicted octanol–water partition coefficient (Wildman–Crippen LogP) is 8.23. The van der Waals surface area contributed by atoms with Crippen molar-refractivity contribution in [3.8, 4) is 29.0 Å². The van der Waals surface area contributed by atoms with E-state index in [0.717, 1.165) is 43.7 Å². The number of furan rings is 1. The number of hydrogen-bond donors (Lipinski definition) is 0. The Hall–Kier alpha value is -5.39. The van der Waals surface area contributed by atoms with Crippen molar-refractivity contribution in [2.24, 2.45) is 0 Å². The van der Waals surface area contributed by atoms with Crippen molar-refractivity contribution in [3.63, 3.8) is 0 Å². The van der Waals surface area contributed by atoms with E-state index in [0.29, 0.717) is 16.8 Å². The summed E-state index contributed by atoms with van der Waals surface area (Å²) in [6.45, 7) is 0. The van der Waals surface area contributed by atoms with E-state index < -0.39 is 5.82 Å². The molecule has 7 aromatic rings. The van der Waals surface area contributed by atoms with Crippen LogP contribution < -0.4 is 0 Å². The van der Waals surface area contributed by atoms with Crippen LogP contribution in [0.15, 0.2) is 101 Å². The molecule has 7 rings (SSSR count). The molecule has 0 spiro atoms. The van der Waals surface area contributed by atoms with Crippen molar-refractivity contribution in [2.45, 2.75) is 0 Å². The minimum Gasteiger partial charge on any atom is -0.455 e. The van der Waals surface area contributed by atoms with Crippen LogP contribution in [0.2, 0.25) is 0 Å². The third kappa shape index (κ3) is 2.86. The molecule has 0 fully saturated rings. The molecule has 0 aliphatic heterocycles. The van der Waals surface area contributed by atoms with Gasteiger partial charge in [-0.2, -0.15) is 10.5 Å². The van der Waals surface area contributed by atoms with E-state index in [-0.39, 0.29) is 11.1 Å². The van der Waals surface area contributed by atoms with Gasteiger partial charge >= 0.3 is 0 Å². The third-order valence-corrected chi connectivity index (χ3v) is 6.97. The fourth-order valence-corrected chi connectivity index (χ4v) is 5.39. The Kier molecular flexibility index (Phi) is 4.42. The lowest BCUT2D eigenvalue weighted by molar-refractivity contribution is 0.627. The average Bonchev–Trinajstić information content (AvgIpc) is 3.48. The summed E-state index contributed by atoms with van der Waals surface area (Å²) >= 11 is 0. The molecule has 0 saturated carbocycles. The van der Waals surface area contributed by atoms with E-state index in [1.807, 2.05) is 71.3 Å². The molecule has 4 nitrogen and oxygen atoms in total. The molecule has 2 heterocycles. The van der Waals surface area contributed by atoms with Gasteiger partial charge in [0.15, 0.2) is 0 Å². The van der Waals surface area contributed by atoms with Gasteiger partial charge in [-0.15, -0.1) is 0 Å². The van der Waals surface area contributed by atoms with Crippen molar-refractivity contribution >= 4 is 43.7 Å². The molecule has 2 aromatic heterocycles. The van der Waals surface area contributed by atoms with Gasteiger partial charge < -0.3 is 8.98 Å². The topological polar surface area (TPSA) is 65.7 Å². The lowest BCUT2D eigenvalue weighted by Gasteiger charge is -2.16. The molecule has 172 valence electrons. The molecule has 0 amide bonds. The summed E-state index contributed by atoms with van der Waals surface area (Å²) in [5.41, 5.74) is 4.98. The highest BCUT2D eigenvalue weighted by Crippen LogP contribution is 2.43. The second kappa shape index (κ2) is 7.81. The standard InChI is InChI=1S/C32H16FN3O/c33-30-19(17-34)7-5-11-22(30)23-12-6-8-20(18-35)31(23)36-26-13-3-1-10-25(26)29-27(36)16-15-24-21-9-2-4-14-28(21)37-32(24)29/h1-16H. The van der Waals surface area contributed by atoms with Gasteiger partial charge in [0.1, 0.15) is 29.1 Å². The van der Waals surface area contributed by atoms with Crippen molar-refractivity contribution in [2.75, 3.05) is 0 Å². The number of nitriles is 2. The minimum atomic E-state index is -0.609. The van der Waals surface area contributed by atoms with Crippen LogP contribution in [-0.2, 0) is 0 Å². The number of benzene rings is 5. The molecule has 0 bridgehead atoms. The van der Waals surface area contributed by atoms with Gasteiger partial charge in [0.2, 0.25) is 0 Å². The first kappa shape index (κ1) is 20.9. The Morgan fingerprint density at radius 2 is 1.32 bits per heavy atom. The van der Waals surface area contributed by atoms with Crippen LogP contribution in [-0.4, -0.2) is 4.57 Å². The van der Waals surface area contributed by atoms with Crippen molar-refractivity contribution in [3.05, 3.63) is 114 Å². The smallest absolute Gasteiger partial charge is 0.148 e. The fourth-order valence-electron chi connectivity index (χ4n) is 5.39. The second-order valence-corrected chi connectivity index (χ2v) is 8.88. The van der Waals surface area contributed by atoms with Gasteiger partial charge in [0, 0.05) is 27.3 Å². The summed E-state index contributed by atoms with van der Waals surface area (Å²) in [5.74, 6) is -0.609. The van der Waals surface area contributed by atoms with Crippen LogP contribution in [0.1, 0.15) is 11.1 Å². The first-order chi connectivity index (χ1) is 18.2. The largest absolute Gasteiger partial charge is 0.455 e. The number of para-hydroxylation sites is 3. The maximum Gasteiger partial charge on any atom is 0.148 e. The van der Waals surface area contributed by atoms with Crippen molar-refractivity contribution in [1.82, 2.24) is 4.57 Å². The summed E-state index contributed by atoms with van der Waals surface area (Å²) in [7, 11) is 0. The zero-order valence-electron chi connectivity index (χ0n) is 19.4. The van der Waals surface area contributed by atoms with Gasteiger partial charge in [-0.1, -0.05) is 60.7 Å². The lowest BCUT2D eigenvalue weighted by Crippen LogP contribution is -2.02. The highest BCUT2D eigenvalue weighted by Gasteiger charge is 2.23. The molecular formula is C32H16FN3O. The highest BCUT2D eigenvalue weighted by atomic mass is 19.1. The van der Waals surface area contributed by atoms with Crippen molar-refractivity contribution < 1.29 is 8.81 Å². The van der Waals surface area contributed by atoms with E-state index in [2.05, 4.69) is 6.07 Å². The Bertz CT molecular complexity index is 2140. The fraction of sp³-hybridized carbons (Fsp3) is 0. The van der Waals surface area contributed by atoms with Crippen LogP contribution in [0.4, 0.5) is 4.39 Å². The van der Waals surface area contributed by atoms with Crippen molar-refractivity contribution in [1.29, 1.82) is 10.5 Å². The van der Waals surface area contributed by atoms with Crippen LogP contribution in [0.25, 0.3) is 60.6 Å². The normalized spacial score (nSPS) is 11.3. The monoisotopic (exact) mass is 477 g/mol. The molecule has 0 aliphatic carbocycles. The third-order valence-electron chi connectivity index (χ3n) is 6.97. The first-order valence-corrected chi connectivity index (χ1v) is 11.8. The number of halogens is 1. The Labute approximate surface area is 210 Å². The van der Waals surface area contributed by atoms with Crippen LogP contribution >= 0.6 is 0 Å². The summed E-state index contributed by atoms with van der Waals surface area (Å²) in [6, 6.07) is 34.2. The van der Waals surface area contributed by atoms with E-state index in [1.54, 1.807) is 30.3 Å². The number of hydrogen-bond acceptors (Lipinski definition) is 3. The maximum atomic E-state index is 15.4. The van der Waals surface area contributed by atoms with E-state index in [1.165, 1.54) is 6.07 Å². The molecule has 0 N–H and O–H groups in total. The molecule has 0 unspecified atom stereocenters. The molecule has 5 aromatic carbocycles. The first-order valence-electron chi connectivity index (χ1n) is 11.8. The highest BCUT2D eigenvalue weighted by molar-refractivity contribution is 6.24. The Morgan fingerprint density at radius 3 is 2.14 bits per heavy atom. The SMILES string of the molecule is N#Cc1cccc(-c2cccc(C#N)c2-n2c3ccccc3c3c4oc5ccccc5c4ccc32)c1F. The Morgan fingerprint density at radius 1 is 0.622 bits per heavy atom. The zero-order chi connectivity index (χ0) is 25.1. The number of nitrogens with zero attached hydrogens (tertiary/aromatic N) is 3. The minimum absolute atomic E-state index is 0.0444. The molecule has 0 radical (unpaired) electrons. The molecule has 0 aliphatic rings. The lowest BCUT2D eigenvalue weighted by atomic mass is 9.97. The average molecular weight is 477 g/mol. The summed E-state index contributed by atoms with van der Waals surface area (Å²) in [4.78, 5) is 0. The second-order valence-electron chi connectivity index (χ2n) is 8.88. The molecule has 5 heteroatoms. The quantitative estimate of drug-likeness (QED) is 0.252. The van der Waals surface area contributed by atoms with E-state index in [4.69, 9.17) is 4.42 Å². The van der Waals surface area contributed by atoms with E-state index in [9.17, 15) is 10.5 Å². The summed E-state index contributed by atoms with van der Waals surface area (Å²) < 4.78 is 23.8. The number of rotatable bonds is 2. The summed E-state index contributed by atoms with van der Waals surface area (Å²) in [6.07, 6.45) is 0. The number of aromatic nitrogens is 1. The van der Waals surface area contributed by atoms with Gasteiger partial charge in [0.25, 0.3) is 0 Å². The van der Waals surface area contributed by atoms with Gasteiger partial charge in [-0.25, -0.2) is 4.39 Å². The van der Waals surface area contributed by atoms with Gasteiger partial charge in [-0.3, -0.25) is 0 Å². The van der Waals surface area contributed by atoms with Crippen LogP contribution in [0.3, 0.4) is 0 Å².